The summed E-state index contributed by atoms with van der Waals surface area (Å²) in [5, 5.41) is 9.15. The summed E-state index contributed by atoms with van der Waals surface area (Å²) >= 11 is 0. The molecular formula is C14H23N3O2. The first-order valence-electron chi connectivity index (χ1n) is 6.87. The third-order valence-corrected chi connectivity index (χ3v) is 3.72. The van der Waals surface area contributed by atoms with Crippen molar-refractivity contribution in [3.8, 4) is 0 Å². The van der Waals surface area contributed by atoms with Crippen LogP contribution in [0.25, 0.3) is 0 Å². The Kier molecular flexibility index (Phi) is 3.94. The molecule has 106 valence electrons. The van der Waals surface area contributed by atoms with Crippen molar-refractivity contribution in [1.29, 1.82) is 0 Å². The van der Waals surface area contributed by atoms with Crippen molar-refractivity contribution < 1.29 is 5.11 Å². The SMILES string of the molecule is CC(C)(C)n1ccnc(N2CCC(CO)CC2)c1=O. The third kappa shape index (κ3) is 2.97. The minimum Gasteiger partial charge on any atom is -0.396 e. The molecule has 2 rings (SSSR count). The topological polar surface area (TPSA) is 58.4 Å². The van der Waals surface area contributed by atoms with Crippen molar-refractivity contribution >= 4 is 5.82 Å². The highest BCUT2D eigenvalue weighted by Gasteiger charge is 2.23. The molecule has 1 aliphatic rings. The number of nitrogens with zero attached hydrogens (tertiary/aromatic N) is 3. The first-order valence-corrected chi connectivity index (χ1v) is 6.87. The van der Waals surface area contributed by atoms with Gasteiger partial charge in [0.15, 0.2) is 5.82 Å². The first-order chi connectivity index (χ1) is 8.93. The Morgan fingerprint density at radius 2 is 2.00 bits per heavy atom. The minimum absolute atomic E-state index is 0.0301. The van der Waals surface area contributed by atoms with Crippen LogP contribution in [0.5, 0.6) is 0 Å². The summed E-state index contributed by atoms with van der Waals surface area (Å²) < 4.78 is 1.73. The van der Waals surface area contributed by atoms with Crippen LogP contribution in [-0.4, -0.2) is 34.4 Å². The summed E-state index contributed by atoms with van der Waals surface area (Å²) in [7, 11) is 0. The maximum absolute atomic E-state index is 12.5. The molecule has 0 unspecified atom stereocenters. The van der Waals surface area contributed by atoms with Gasteiger partial charge in [0.2, 0.25) is 0 Å². The lowest BCUT2D eigenvalue weighted by Crippen LogP contribution is -2.42. The van der Waals surface area contributed by atoms with E-state index in [1.807, 2.05) is 25.7 Å². The number of aliphatic hydroxyl groups excluding tert-OH is 1. The van der Waals surface area contributed by atoms with Crippen molar-refractivity contribution in [1.82, 2.24) is 9.55 Å². The van der Waals surface area contributed by atoms with Crippen LogP contribution in [0.4, 0.5) is 5.82 Å². The second kappa shape index (κ2) is 5.33. The quantitative estimate of drug-likeness (QED) is 0.873. The average Bonchev–Trinajstić information content (AvgIpc) is 2.38. The molecule has 5 heteroatoms. The highest BCUT2D eigenvalue weighted by atomic mass is 16.3. The Morgan fingerprint density at radius 1 is 1.37 bits per heavy atom. The van der Waals surface area contributed by atoms with Crippen molar-refractivity contribution in [2.75, 3.05) is 24.6 Å². The Morgan fingerprint density at radius 3 is 2.53 bits per heavy atom. The van der Waals surface area contributed by atoms with Gasteiger partial charge in [-0.05, 0) is 39.5 Å². The van der Waals surface area contributed by atoms with Gasteiger partial charge in [0.05, 0.1) is 0 Å². The highest BCUT2D eigenvalue weighted by molar-refractivity contribution is 5.36. The van der Waals surface area contributed by atoms with Gasteiger partial charge in [-0.1, -0.05) is 0 Å². The molecule has 2 heterocycles. The van der Waals surface area contributed by atoms with Crippen LogP contribution in [0, 0.1) is 5.92 Å². The van der Waals surface area contributed by atoms with Crippen molar-refractivity contribution in [3.05, 3.63) is 22.7 Å². The monoisotopic (exact) mass is 265 g/mol. The standard InChI is InChI=1S/C14H23N3O2/c1-14(2,3)17-9-6-15-12(13(17)19)16-7-4-11(10-18)5-8-16/h6,9,11,18H,4-5,7-8,10H2,1-3H3. The van der Waals surface area contributed by atoms with Crippen LogP contribution in [0.1, 0.15) is 33.6 Å². The fourth-order valence-corrected chi connectivity index (χ4v) is 2.47. The van der Waals surface area contributed by atoms with Gasteiger partial charge in [-0.3, -0.25) is 4.79 Å². The summed E-state index contributed by atoms with van der Waals surface area (Å²) in [5.41, 5.74) is -0.268. The van der Waals surface area contributed by atoms with Gasteiger partial charge in [-0.15, -0.1) is 0 Å². The second-order valence-electron chi connectivity index (χ2n) is 6.21. The van der Waals surface area contributed by atoms with Crippen LogP contribution in [0.2, 0.25) is 0 Å². The average molecular weight is 265 g/mol. The van der Waals surface area contributed by atoms with Crippen LogP contribution in [0.3, 0.4) is 0 Å². The van der Waals surface area contributed by atoms with E-state index in [1.54, 1.807) is 17.0 Å². The normalized spacial score (nSPS) is 17.8. The molecular weight excluding hydrogens is 242 g/mol. The molecule has 1 N–H and O–H groups in total. The van der Waals surface area contributed by atoms with E-state index in [1.165, 1.54) is 0 Å². The molecule has 0 spiro atoms. The lowest BCUT2D eigenvalue weighted by atomic mass is 9.98. The van der Waals surface area contributed by atoms with Crippen molar-refractivity contribution in [2.24, 2.45) is 5.92 Å². The van der Waals surface area contributed by atoms with Gasteiger partial charge in [0.1, 0.15) is 0 Å². The molecule has 0 aromatic carbocycles. The van der Waals surface area contributed by atoms with E-state index in [2.05, 4.69) is 4.98 Å². The number of aromatic nitrogens is 2. The minimum atomic E-state index is -0.238. The molecule has 0 amide bonds. The molecule has 0 bridgehead atoms. The number of anilines is 1. The highest BCUT2D eigenvalue weighted by Crippen LogP contribution is 2.20. The summed E-state index contributed by atoms with van der Waals surface area (Å²) in [6.45, 7) is 7.86. The molecule has 1 aliphatic heterocycles. The Hall–Kier alpha value is -1.36. The molecule has 0 radical (unpaired) electrons. The van der Waals surface area contributed by atoms with Crippen LogP contribution < -0.4 is 10.5 Å². The van der Waals surface area contributed by atoms with E-state index in [0.717, 1.165) is 25.9 Å². The number of piperidine rings is 1. The number of hydrogen-bond acceptors (Lipinski definition) is 4. The molecule has 1 aromatic heterocycles. The van der Waals surface area contributed by atoms with Crippen LogP contribution in [-0.2, 0) is 5.54 Å². The molecule has 5 nitrogen and oxygen atoms in total. The van der Waals surface area contributed by atoms with E-state index in [9.17, 15) is 4.79 Å². The van der Waals surface area contributed by atoms with Gasteiger partial charge < -0.3 is 14.6 Å². The zero-order valence-corrected chi connectivity index (χ0v) is 12.0. The fraction of sp³-hybridized carbons (Fsp3) is 0.714. The number of aliphatic hydroxyl groups is 1. The summed E-state index contributed by atoms with van der Waals surface area (Å²) in [6, 6.07) is 0. The number of hydrogen-bond donors (Lipinski definition) is 1. The summed E-state index contributed by atoms with van der Waals surface area (Å²) in [4.78, 5) is 18.8. The maximum atomic E-state index is 12.5. The zero-order chi connectivity index (χ0) is 14.0. The van der Waals surface area contributed by atoms with Crippen LogP contribution >= 0.6 is 0 Å². The van der Waals surface area contributed by atoms with Crippen molar-refractivity contribution in [2.45, 2.75) is 39.2 Å². The van der Waals surface area contributed by atoms with E-state index >= 15 is 0 Å². The number of rotatable bonds is 2. The van der Waals surface area contributed by atoms with Gasteiger partial charge in [0, 0.05) is 37.6 Å². The first kappa shape index (κ1) is 14.1. The maximum Gasteiger partial charge on any atom is 0.293 e. The molecule has 1 saturated heterocycles. The predicted octanol–water partition coefficient (Wildman–Crippen LogP) is 1.21. The second-order valence-corrected chi connectivity index (χ2v) is 6.21. The third-order valence-electron chi connectivity index (χ3n) is 3.72. The largest absolute Gasteiger partial charge is 0.396 e. The van der Waals surface area contributed by atoms with E-state index < -0.39 is 0 Å². The predicted molar refractivity (Wildman–Crippen MR) is 75.5 cm³/mol. The molecule has 0 atom stereocenters. The van der Waals surface area contributed by atoms with Gasteiger partial charge in [0.25, 0.3) is 5.56 Å². The van der Waals surface area contributed by atoms with Gasteiger partial charge >= 0.3 is 0 Å². The molecule has 1 fully saturated rings. The molecule has 0 aliphatic carbocycles. The smallest absolute Gasteiger partial charge is 0.293 e. The lowest BCUT2D eigenvalue weighted by Gasteiger charge is -2.32. The zero-order valence-electron chi connectivity index (χ0n) is 12.0. The van der Waals surface area contributed by atoms with Gasteiger partial charge in [-0.25, -0.2) is 4.98 Å². The molecule has 0 saturated carbocycles. The Bertz CT molecular complexity index is 482. The van der Waals surface area contributed by atoms with Gasteiger partial charge in [-0.2, -0.15) is 0 Å². The van der Waals surface area contributed by atoms with Crippen LogP contribution in [0.15, 0.2) is 17.2 Å². The fourth-order valence-electron chi connectivity index (χ4n) is 2.47. The van der Waals surface area contributed by atoms with E-state index in [0.29, 0.717) is 11.7 Å². The summed E-state index contributed by atoms with van der Waals surface area (Å²) in [5.74, 6) is 0.901. The van der Waals surface area contributed by atoms with E-state index in [-0.39, 0.29) is 17.7 Å². The van der Waals surface area contributed by atoms with Crippen molar-refractivity contribution in [3.63, 3.8) is 0 Å². The Balaban J connectivity index is 2.25. The molecule has 1 aromatic rings. The Labute approximate surface area is 113 Å². The summed E-state index contributed by atoms with van der Waals surface area (Å²) in [6.07, 6.45) is 5.27. The lowest BCUT2D eigenvalue weighted by molar-refractivity contribution is 0.202. The molecule has 19 heavy (non-hydrogen) atoms. The van der Waals surface area contributed by atoms with E-state index in [4.69, 9.17) is 5.11 Å².